The van der Waals surface area contributed by atoms with Crippen LogP contribution in [0.2, 0.25) is 0 Å². The van der Waals surface area contributed by atoms with Gasteiger partial charge in [-0.3, -0.25) is 0 Å². The molecule has 72 valence electrons. The molecule has 2 nitrogen and oxygen atoms in total. The summed E-state index contributed by atoms with van der Waals surface area (Å²) in [6, 6.07) is 0. The van der Waals surface area contributed by atoms with Crippen molar-refractivity contribution in [2.24, 2.45) is 0 Å². The van der Waals surface area contributed by atoms with E-state index >= 15 is 0 Å². The van der Waals surface area contributed by atoms with Crippen molar-refractivity contribution in [1.82, 2.24) is 0 Å². The number of hydrogen-bond acceptors (Lipinski definition) is 2. The maximum atomic E-state index is 11.5. The van der Waals surface area contributed by atoms with Gasteiger partial charge < -0.3 is 4.89 Å². The molecule has 0 aliphatic heterocycles. The molecule has 0 heterocycles. The van der Waals surface area contributed by atoms with E-state index in [2.05, 4.69) is 6.92 Å². The summed E-state index contributed by atoms with van der Waals surface area (Å²) in [5.74, 6) is 0. The zero-order chi connectivity index (χ0) is 9.52. The molecule has 1 rings (SSSR count). The molecule has 0 aromatic heterocycles. The Bertz CT molecular complexity index is 241. The van der Waals surface area contributed by atoms with Crippen molar-refractivity contribution >= 4 is 13.3 Å². The molecule has 0 spiro atoms. The van der Waals surface area contributed by atoms with Gasteiger partial charge in [0.25, 0.3) is 0 Å². The van der Waals surface area contributed by atoms with Crippen LogP contribution in [0.1, 0.15) is 26.2 Å². The van der Waals surface area contributed by atoms with E-state index in [1.165, 1.54) is 0 Å². The monoisotopic (exact) mass is 198 g/mol. The summed E-state index contributed by atoms with van der Waals surface area (Å²) in [6.45, 7) is 2.69. The van der Waals surface area contributed by atoms with E-state index in [0.717, 1.165) is 24.6 Å². The maximum Gasteiger partial charge on any atom is 0.224 e. The van der Waals surface area contributed by atoms with E-state index in [-0.39, 0.29) is 0 Å². The van der Waals surface area contributed by atoms with Gasteiger partial charge >= 0.3 is 0 Å². The van der Waals surface area contributed by atoms with Gasteiger partial charge in [0.05, 0.1) is 6.61 Å². The molecule has 1 atom stereocenters. The summed E-state index contributed by atoms with van der Waals surface area (Å²) in [6.07, 6.45) is 10.5. The molecule has 3 heteroatoms. The smallest absolute Gasteiger partial charge is 0.224 e. The number of allylic oxidation sites excluding steroid dienone is 4. The second kappa shape index (κ2) is 6.09. The highest BCUT2D eigenvalue weighted by Crippen LogP contribution is 2.20. The topological polar surface area (TPSA) is 32.3 Å². The molecular weight excluding hydrogens is 183 g/mol. The minimum absolute atomic E-state index is 0.604. The predicted molar refractivity (Wildman–Crippen MR) is 55.7 cm³/mol. The fourth-order valence-electron chi connectivity index (χ4n) is 1.01. The lowest BCUT2D eigenvalue weighted by atomic mass is 10.2. The third kappa shape index (κ3) is 3.86. The van der Waals surface area contributed by atoms with Gasteiger partial charge in [-0.1, -0.05) is 31.6 Å². The molecule has 0 fully saturated rings. The van der Waals surface area contributed by atoms with Crippen LogP contribution in [-0.2, 0) is 4.52 Å². The van der Waals surface area contributed by atoms with Crippen LogP contribution in [0.25, 0.3) is 0 Å². The van der Waals surface area contributed by atoms with Crippen LogP contribution < -0.4 is 4.89 Å². The Kier molecular flexibility index (Phi) is 4.99. The van der Waals surface area contributed by atoms with E-state index in [0.29, 0.717) is 6.61 Å². The molecule has 0 saturated carbocycles. The van der Waals surface area contributed by atoms with Crippen molar-refractivity contribution in [2.75, 3.05) is 6.61 Å². The Hall–Kier alpha value is -0.430. The van der Waals surface area contributed by atoms with Crippen LogP contribution in [0, 0.1) is 0 Å². The van der Waals surface area contributed by atoms with Crippen molar-refractivity contribution < 1.29 is 9.42 Å². The normalized spacial score (nSPS) is 19.2. The average molecular weight is 198 g/mol. The van der Waals surface area contributed by atoms with E-state index in [9.17, 15) is 4.89 Å². The summed E-state index contributed by atoms with van der Waals surface area (Å²) in [7, 11) is -1.58. The largest absolute Gasteiger partial charge is 0.603 e. The quantitative estimate of drug-likeness (QED) is 0.512. The van der Waals surface area contributed by atoms with Gasteiger partial charge in [-0.15, -0.1) is 0 Å². The first kappa shape index (κ1) is 10.6. The maximum absolute atomic E-state index is 11.5. The molecule has 0 saturated heterocycles. The van der Waals surface area contributed by atoms with Crippen LogP contribution in [0.4, 0.5) is 0 Å². The Morgan fingerprint density at radius 1 is 1.54 bits per heavy atom. The van der Waals surface area contributed by atoms with Gasteiger partial charge in [-0.2, -0.15) is 4.52 Å². The Morgan fingerprint density at radius 3 is 3.00 bits per heavy atom. The highest BCUT2D eigenvalue weighted by molar-refractivity contribution is 7.47. The molecule has 13 heavy (non-hydrogen) atoms. The van der Waals surface area contributed by atoms with E-state index in [1.807, 2.05) is 24.3 Å². The molecule has 0 aromatic rings. The van der Waals surface area contributed by atoms with Gasteiger partial charge in [-0.25, -0.2) is 0 Å². The molecule has 0 aromatic carbocycles. The highest BCUT2D eigenvalue weighted by Gasteiger charge is 2.08. The SMILES string of the molecule is CCCCO/[P+]([O-])=C1/C=CC=CC1. The standard InChI is InChI=1S/C10H15O2P/c1-2-3-9-12-13(11)10-7-5-4-6-8-10/h4-7H,2-3,8-9H2,1H3. The molecule has 1 aliphatic rings. The van der Waals surface area contributed by atoms with Crippen LogP contribution >= 0.6 is 8.00 Å². The molecule has 1 unspecified atom stereocenters. The Morgan fingerprint density at radius 2 is 2.38 bits per heavy atom. The van der Waals surface area contributed by atoms with Crippen molar-refractivity contribution in [3.8, 4) is 0 Å². The summed E-state index contributed by atoms with van der Waals surface area (Å²) in [5, 5.41) is 0.897. The van der Waals surface area contributed by atoms with Crippen molar-refractivity contribution in [3.63, 3.8) is 0 Å². The highest BCUT2D eigenvalue weighted by atomic mass is 31.1. The lowest BCUT2D eigenvalue weighted by Crippen LogP contribution is -2.04. The summed E-state index contributed by atoms with van der Waals surface area (Å²) in [5.41, 5.74) is 0. The number of rotatable bonds is 4. The van der Waals surface area contributed by atoms with Gasteiger partial charge in [0, 0.05) is 6.42 Å². The lowest BCUT2D eigenvalue weighted by Gasteiger charge is -2.02. The first-order valence-electron chi connectivity index (χ1n) is 4.64. The van der Waals surface area contributed by atoms with Crippen molar-refractivity contribution in [1.29, 1.82) is 0 Å². The first-order chi connectivity index (χ1) is 6.34. The fourth-order valence-corrected chi connectivity index (χ4v) is 1.94. The molecule has 0 amide bonds. The second-order valence-electron chi connectivity index (χ2n) is 2.93. The molecule has 0 radical (unpaired) electrons. The summed E-state index contributed by atoms with van der Waals surface area (Å²) >= 11 is 0. The minimum atomic E-state index is -1.58. The third-order valence-electron chi connectivity index (χ3n) is 1.80. The molecule has 0 N–H and O–H groups in total. The van der Waals surface area contributed by atoms with Gasteiger partial charge in [0.15, 0.2) is 5.29 Å². The Labute approximate surface area is 80.5 Å². The molecule has 0 bridgehead atoms. The summed E-state index contributed by atoms with van der Waals surface area (Å²) < 4.78 is 5.21. The van der Waals surface area contributed by atoms with Crippen molar-refractivity contribution in [3.05, 3.63) is 24.3 Å². The first-order valence-corrected chi connectivity index (χ1v) is 5.81. The predicted octanol–water partition coefficient (Wildman–Crippen LogP) is 2.16. The van der Waals surface area contributed by atoms with Gasteiger partial charge in [0.1, 0.15) is 0 Å². The summed E-state index contributed by atoms with van der Waals surface area (Å²) in [4.78, 5) is 11.5. The van der Waals surface area contributed by atoms with Gasteiger partial charge in [0.2, 0.25) is 8.00 Å². The van der Waals surface area contributed by atoms with Gasteiger partial charge in [-0.05, 0) is 12.5 Å². The number of hydrogen-bond donors (Lipinski definition) is 0. The van der Waals surface area contributed by atoms with E-state index in [4.69, 9.17) is 4.52 Å². The number of unbranched alkanes of at least 4 members (excludes halogenated alkanes) is 1. The second-order valence-corrected chi connectivity index (χ2v) is 4.27. The average Bonchev–Trinajstić information content (AvgIpc) is 2.19. The fraction of sp³-hybridized carbons (Fsp3) is 0.500. The Balaban J connectivity index is 2.39. The van der Waals surface area contributed by atoms with Crippen LogP contribution in [-0.4, -0.2) is 11.9 Å². The lowest BCUT2D eigenvalue weighted by molar-refractivity contribution is -0.172. The minimum Gasteiger partial charge on any atom is -0.603 e. The molecular formula is C10H15O2P. The van der Waals surface area contributed by atoms with Crippen LogP contribution in [0.3, 0.4) is 0 Å². The zero-order valence-electron chi connectivity index (χ0n) is 7.90. The van der Waals surface area contributed by atoms with E-state index in [1.54, 1.807) is 0 Å². The van der Waals surface area contributed by atoms with E-state index < -0.39 is 8.00 Å². The van der Waals surface area contributed by atoms with Crippen molar-refractivity contribution in [2.45, 2.75) is 26.2 Å². The third-order valence-corrected chi connectivity index (χ3v) is 3.02. The van der Waals surface area contributed by atoms with Crippen LogP contribution in [0.5, 0.6) is 0 Å². The zero-order valence-corrected chi connectivity index (χ0v) is 8.80. The molecule has 1 aliphatic carbocycles. The van der Waals surface area contributed by atoms with Crippen LogP contribution in [0.15, 0.2) is 24.3 Å².